The molecule has 1 aromatic rings. The van der Waals surface area contributed by atoms with E-state index in [-0.39, 0.29) is 11.8 Å². The summed E-state index contributed by atoms with van der Waals surface area (Å²) in [5.41, 5.74) is 2.23. The molecule has 1 aliphatic heterocycles. The molecule has 0 radical (unpaired) electrons. The number of aryl methyl sites for hydroxylation is 1. The Kier molecular flexibility index (Phi) is 4.15. The van der Waals surface area contributed by atoms with Gasteiger partial charge in [-0.25, -0.2) is 0 Å². The average molecular weight is 232 g/mol. The summed E-state index contributed by atoms with van der Waals surface area (Å²) in [7, 11) is 0. The Labute approximate surface area is 103 Å². The summed E-state index contributed by atoms with van der Waals surface area (Å²) >= 11 is 0. The largest absolute Gasteiger partial charge is 0.326 e. The van der Waals surface area contributed by atoms with Gasteiger partial charge in [0.15, 0.2) is 0 Å². The first-order valence-electron chi connectivity index (χ1n) is 6.40. The highest BCUT2D eigenvalue weighted by atomic mass is 16.1. The van der Waals surface area contributed by atoms with Gasteiger partial charge in [-0.15, -0.1) is 0 Å². The van der Waals surface area contributed by atoms with Crippen molar-refractivity contribution in [1.82, 2.24) is 5.32 Å². The molecule has 1 fully saturated rings. The summed E-state index contributed by atoms with van der Waals surface area (Å²) < 4.78 is 0. The summed E-state index contributed by atoms with van der Waals surface area (Å²) in [5.74, 6) is 0.267. The van der Waals surface area contributed by atoms with E-state index in [1.54, 1.807) is 0 Å². The summed E-state index contributed by atoms with van der Waals surface area (Å²) in [5, 5.41) is 6.18. The highest BCUT2D eigenvalue weighted by Crippen LogP contribution is 2.14. The van der Waals surface area contributed by atoms with Crippen LogP contribution in [0.2, 0.25) is 0 Å². The Morgan fingerprint density at radius 1 is 1.41 bits per heavy atom. The van der Waals surface area contributed by atoms with E-state index in [0.717, 1.165) is 38.0 Å². The van der Waals surface area contributed by atoms with Crippen molar-refractivity contribution in [3.05, 3.63) is 29.8 Å². The van der Waals surface area contributed by atoms with Crippen LogP contribution in [-0.2, 0) is 11.2 Å². The molecule has 0 bridgehead atoms. The van der Waals surface area contributed by atoms with E-state index in [1.807, 2.05) is 12.1 Å². The molecule has 0 spiro atoms. The van der Waals surface area contributed by atoms with Gasteiger partial charge in [0.05, 0.1) is 5.92 Å². The minimum atomic E-state index is 0.130. The van der Waals surface area contributed by atoms with Gasteiger partial charge in [0.2, 0.25) is 5.91 Å². The first-order chi connectivity index (χ1) is 8.29. The second-order valence-corrected chi connectivity index (χ2v) is 4.63. The van der Waals surface area contributed by atoms with Gasteiger partial charge in [0.1, 0.15) is 0 Å². The Bertz CT molecular complexity index is 366. The van der Waals surface area contributed by atoms with Gasteiger partial charge in [0, 0.05) is 12.2 Å². The molecule has 1 amide bonds. The van der Waals surface area contributed by atoms with Crippen LogP contribution < -0.4 is 10.6 Å². The van der Waals surface area contributed by atoms with Crippen molar-refractivity contribution >= 4 is 11.6 Å². The summed E-state index contributed by atoms with van der Waals surface area (Å²) in [6.45, 7) is 3.93. The number of hydrogen-bond acceptors (Lipinski definition) is 2. The van der Waals surface area contributed by atoms with Crippen LogP contribution in [0.5, 0.6) is 0 Å². The van der Waals surface area contributed by atoms with Crippen LogP contribution in [0.25, 0.3) is 0 Å². The van der Waals surface area contributed by atoms with Gasteiger partial charge >= 0.3 is 0 Å². The van der Waals surface area contributed by atoms with Crippen LogP contribution in [0, 0.1) is 5.92 Å². The van der Waals surface area contributed by atoms with E-state index in [4.69, 9.17) is 0 Å². The maximum Gasteiger partial charge on any atom is 0.228 e. The number of nitrogens with one attached hydrogen (secondary N) is 2. The predicted octanol–water partition coefficient (Wildman–Crippen LogP) is 2.19. The summed E-state index contributed by atoms with van der Waals surface area (Å²) in [6, 6.07) is 8.16. The van der Waals surface area contributed by atoms with E-state index in [2.05, 4.69) is 29.7 Å². The molecule has 3 heteroatoms. The minimum Gasteiger partial charge on any atom is -0.326 e. The van der Waals surface area contributed by atoms with E-state index >= 15 is 0 Å². The van der Waals surface area contributed by atoms with Crippen LogP contribution in [0.15, 0.2) is 24.3 Å². The molecule has 1 aliphatic rings. The molecule has 17 heavy (non-hydrogen) atoms. The fourth-order valence-electron chi connectivity index (χ4n) is 2.17. The van der Waals surface area contributed by atoms with Gasteiger partial charge in [-0.3, -0.25) is 4.79 Å². The van der Waals surface area contributed by atoms with Crippen molar-refractivity contribution < 1.29 is 4.79 Å². The zero-order valence-corrected chi connectivity index (χ0v) is 10.3. The molecule has 1 atom stereocenters. The molecule has 2 N–H and O–H groups in total. The predicted molar refractivity (Wildman–Crippen MR) is 70.0 cm³/mol. The number of benzene rings is 1. The third-order valence-corrected chi connectivity index (χ3v) is 3.19. The van der Waals surface area contributed by atoms with Gasteiger partial charge in [-0.1, -0.05) is 25.5 Å². The van der Waals surface area contributed by atoms with Gasteiger partial charge in [-0.2, -0.15) is 0 Å². The second kappa shape index (κ2) is 5.82. The molecule has 0 saturated carbocycles. The van der Waals surface area contributed by atoms with Crippen LogP contribution in [0.1, 0.15) is 25.3 Å². The lowest BCUT2D eigenvalue weighted by Crippen LogP contribution is -2.24. The fraction of sp³-hybridized carbons (Fsp3) is 0.500. The number of carbonyl (C=O) groups is 1. The van der Waals surface area contributed by atoms with Crippen molar-refractivity contribution in [2.75, 3.05) is 18.4 Å². The molecule has 1 saturated heterocycles. The standard InChI is InChI=1S/C14H20N2O/c1-2-3-11-4-6-13(7-5-11)16-14(17)12-8-9-15-10-12/h4-7,12,15H,2-3,8-10H2,1H3,(H,16,17). The third-order valence-electron chi connectivity index (χ3n) is 3.19. The molecule has 1 unspecified atom stereocenters. The van der Waals surface area contributed by atoms with Crippen molar-refractivity contribution in [1.29, 1.82) is 0 Å². The zero-order valence-electron chi connectivity index (χ0n) is 10.3. The van der Waals surface area contributed by atoms with E-state index < -0.39 is 0 Å². The number of anilines is 1. The maximum atomic E-state index is 11.9. The Morgan fingerprint density at radius 3 is 2.76 bits per heavy atom. The fourth-order valence-corrected chi connectivity index (χ4v) is 2.17. The lowest BCUT2D eigenvalue weighted by atomic mass is 10.1. The van der Waals surface area contributed by atoms with Gasteiger partial charge in [-0.05, 0) is 37.1 Å². The normalized spacial score (nSPS) is 19.2. The lowest BCUT2D eigenvalue weighted by molar-refractivity contribution is -0.119. The van der Waals surface area contributed by atoms with Gasteiger partial charge in [0.25, 0.3) is 0 Å². The third kappa shape index (κ3) is 3.30. The van der Waals surface area contributed by atoms with Gasteiger partial charge < -0.3 is 10.6 Å². The Morgan fingerprint density at radius 2 is 2.18 bits per heavy atom. The van der Waals surface area contributed by atoms with Crippen molar-refractivity contribution in [2.24, 2.45) is 5.92 Å². The Balaban J connectivity index is 1.91. The molecular formula is C14H20N2O. The van der Waals surface area contributed by atoms with Crippen molar-refractivity contribution in [3.8, 4) is 0 Å². The highest BCUT2D eigenvalue weighted by Gasteiger charge is 2.22. The van der Waals surface area contributed by atoms with E-state index in [9.17, 15) is 4.79 Å². The minimum absolute atomic E-state index is 0.130. The molecule has 0 aliphatic carbocycles. The molecule has 1 heterocycles. The van der Waals surface area contributed by atoms with E-state index in [0.29, 0.717) is 0 Å². The Hall–Kier alpha value is -1.35. The molecule has 92 valence electrons. The molecular weight excluding hydrogens is 212 g/mol. The molecule has 1 aromatic carbocycles. The smallest absolute Gasteiger partial charge is 0.228 e. The van der Waals surface area contributed by atoms with Crippen LogP contribution >= 0.6 is 0 Å². The number of carbonyl (C=O) groups excluding carboxylic acids is 1. The monoisotopic (exact) mass is 232 g/mol. The second-order valence-electron chi connectivity index (χ2n) is 4.63. The van der Waals surface area contributed by atoms with E-state index in [1.165, 1.54) is 5.56 Å². The first kappa shape index (κ1) is 12.1. The first-order valence-corrected chi connectivity index (χ1v) is 6.40. The molecule has 2 rings (SSSR count). The summed E-state index contributed by atoms with van der Waals surface area (Å²) in [4.78, 5) is 11.9. The molecule has 0 aromatic heterocycles. The average Bonchev–Trinajstić information content (AvgIpc) is 2.86. The zero-order chi connectivity index (χ0) is 12.1. The van der Waals surface area contributed by atoms with Crippen LogP contribution in [-0.4, -0.2) is 19.0 Å². The van der Waals surface area contributed by atoms with Crippen molar-refractivity contribution in [3.63, 3.8) is 0 Å². The SMILES string of the molecule is CCCc1ccc(NC(=O)C2CCNC2)cc1. The number of hydrogen-bond donors (Lipinski definition) is 2. The lowest BCUT2D eigenvalue weighted by Gasteiger charge is -2.10. The number of amides is 1. The summed E-state index contributed by atoms with van der Waals surface area (Å²) in [6.07, 6.45) is 3.19. The maximum absolute atomic E-state index is 11.9. The highest BCUT2D eigenvalue weighted by molar-refractivity contribution is 5.92. The number of rotatable bonds is 4. The topological polar surface area (TPSA) is 41.1 Å². The quantitative estimate of drug-likeness (QED) is 0.835. The van der Waals surface area contributed by atoms with Crippen LogP contribution in [0.3, 0.4) is 0 Å². The molecule has 3 nitrogen and oxygen atoms in total. The van der Waals surface area contributed by atoms with Crippen molar-refractivity contribution in [2.45, 2.75) is 26.2 Å². The van der Waals surface area contributed by atoms with Crippen LogP contribution in [0.4, 0.5) is 5.69 Å².